The zero-order chi connectivity index (χ0) is 13.6. The maximum Gasteiger partial charge on any atom is 0.0620 e. The van der Waals surface area contributed by atoms with E-state index in [1.165, 1.54) is 71.2 Å². The molecule has 4 nitrogen and oxygen atoms in total. The molecule has 0 aromatic carbocycles. The molecule has 3 saturated heterocycles. The van der Waals surface area contributed by atoms with Gasteiger partial charge in [-0.15, -0.1) is 0 Å². The fraction of sp³-hybridized carbons (Fsp3) is 1.00. The topological polar surface area (TPSA) is 27.7 Å². The van der Waals surface area contributed by atoms with Crippen LogP contribution in [0.15, 0.2) is 0 Å². The van der Waals surface area contributed by atoms with Gasteiger partial charge in [0.2, 0.25) is 0 Å². The van der Waals surface area contributed by atoms with Crippen molar-refractivity contribution < 1.29 is 4.74 Å². The van der Waals surface area contributed by atoms with E-state index in [4.69, 9.17) is 4.74 Å². The Morgan fingerprint density at radius 1 is 1.00 bits per heavy atom. The molecule has 3 heterocycles. The summed E-state index contributed by atoms with van der Waals surface area (Å²) >= 11 is 0. The third-order valence-electron chi connectivity index (χ3n) is 5.26. The first-order valence-corrected chi connectivity index (χ1v) is 8.69. The van der Waals surface area contributed by atoms with Crippen LogP contribution in [-0.4, -0.2) is 74.4 Å². The van der Waals surface area contributed by atoms with E-state index in [-0.39, 0.29) is 0 Å². The van der Waals surface area contributed by atoms with Crippen LogP contribution in [0.25, 0.3) is 0 Å². The highest BCUT2D eigenvalue weighted by Crippen LogP contribution is 2.21. The molecule has 3 rings (SSSR count). The zero-order valence-corrected chi connectivity index (χ0v) is 12.9. The number of rotatable bonds is 4. The highest BCUT2D eigenvalue weighted by atomic mass is 16.5. The predicted octanol–water partition coefficient (Wildman–Crippen LogP) is 1.32. The number of hydrogen-bond acceptors (Lipinski definition) is 4. The quantitative estimate of drug-likeness (QED) is 0.841. The van der Waals surface area contributed by atoms with Gasteiger partial charge in [0.05, 0.1) is 13.2 Å². The predicted molar refractivity (Wildman–Crippen MR) is 82.1 cm³/mol. The van der Waals surface area contributed by atoms with Gasteiger partial charge in [0, 0.05) is 18.6 Å². The van der Waals surface area contributed by atoms with E-state index in [1.54, 1.807) is 0 Å². The highest BCUT2D eigenvalue weighted by molar-refractivity contribution is 4.82. The van der Waals surface area contributed by atoms with Gasteiger partial charge in [-0.1, -0.05) is 6.42 Å². The Morgan fingerprint density at radius 2 is 1.80 bits per heavy atom. The second-order valence-corrected chi connectivity index (χ2v) is 6.68. The summed E-state index contributed by atoms with van der Waals surface area (Å²) in [6.45, 7) is 9.38. The summed E-state index contributed by atoms with van der Waals surface area (Å²) in [4.78, 5) is 5.42. The molecule has 1 N–H and O–H groups in total. The van der Waals surface area contributed by atoms with E-state index >= 15 is 0 Å². The number of hydrogen-bond donors (Lipinski definition) is 1. The van der Waals surface area contributed by atoms with Gasteiger partial charge in [0.15, 0.2) is 0 Å². The van der Waals surface area contributed by atoms with Crippen molar-refractivity contribution in [2.75, 3.05) is 52.5 Å². The molecular formula is C16H31N3O. The molecule has 0 radical (unpaired) electrons. The first-order valence-electron chi connectivity index (χ1n) is 8.69. The van der Waals surface area contributed by atoms with Crippen LogP contribution in [0.1, 0.15) is 38.5 Å². The van der Waals surface area contributed by atoms with E-state index in [9.17, 15) is 0 Å². The molecule has 3 aliphatic heterocycles. The first kappa shape index (κ1) is 14.8. The molecule has 3 fully saturated rings. The summed E-state index contributed by atoms with van der Waals surface area (Å²) in [6.07, 6.45) is 8.31. The van der Waals surface area contributed by atoms with Gasteiger partial charge in [0.1, 0.15) is 0 Å². The van der Waals surface area contributed by atoms with Crippen LogP contribution in [-0.2, 0) is 4.74 Å². The number of ether oxygens (including phenoxy) is 1. The minimum absolute atomic E-state index is 0.587. The highest BCUT2D eigenvalue weighted by Gasteiger charge is 2.25. The number of morpholine rings is 1. The molecule has 0 amide bonds. The van der Waals surface area contributed by atoms with Crippen LogP contribution in [0, 0.1) is 0 Å². The van der Waals surface area contributed by atoms with E-state index in [1.807, 2.05) is 0 Å². The van der Waals surface area contributed by atoms with Crippen molar-refractivity contribution >= 4 is 0 Å². The van der Waals surface area contributed by atoms with Gasteiger partial charge >= 0.3 is 0 Å². The summed E-state index contributed by atoms with van der Waals surface area (Å²) in [6, 6.07) is 1.46. The minimum atomic E-state index is 0.587. The Kier molecular flexibility index (Phi) is 5.71. The fourth-order valence-corrected chi connectivity index (χ4v) is 3.94. The van der Waals surface area contributed by atoms with Crippen LogP contribution in [0.2, 0.25) is 0 Å². The molecule has 0 bridgehead atoms. The van der Waals surface area contributed by atoms with E-state index in [0.717, 1.165) is 25.8 Å². The minimum Gasteiger partial charge on any atom is -0.379 e. The average Bonchev–Trinajstić information content (AvgIpc) is 2.55. The summed E-state index contributed by atoms with van der Waals surface area (Å²) in [5.74, 6) is 0. The van der Waals surface area contributed by atoms with Gasteiger partial charge in [-0.2, -0.15) is 0 Å². The molecule has 0 aromatic heterocycles. The lowest BCUT2D eigenvalue weighted by atomic mass is 9.99. The number of piperidine rings is 2. The molecule has 1 unspecified atom stereocenters. The van der Waals surface area contributed by atoms with Gasteiger partial charge in [-0.05, 0) is 64.8 Å². The molecule has 0 spiro atoms. The van der Waals surface area contributed by atoms with Gasteiger partial charge in [0.25, 0.3) is 0 Å². The standard InChI is InChI=1S/C16H31N3O/c1-2-8-19(9-3-1)16-5-11-18(12-6-16)10-4-15-14-20-13-7-17-15/h15-17H,1-14H2. The Labute approximate surface area is 123 Å². The van der Waals surface area contributed by atoms with E-state index in [2.05, 4.69) is 15.1 Å². The smallest absolute Gasteiger partial charge is 0.0620 e. The third-order valence-corrected chi connectivity index (χ3v) is 5.26. The van der Waals surface area contributed by atoms with Gasteiger partial charge < -0.3 is 19.9 Å². The second kappa shape index (κ2) is 7.74. The van der Waals surface area contributed by atoms with Crippen molar-refractivity contribution in [2.45, 2.75) is 50.6 Å². The first-order chi connectivity index (χ1) is 9.92. The van der Waals surface area contributed by atoms with Gasteiger partial charge in [-0.25, -0.2) is 0 Å². The normalized spacial score (nSPS) is 31.5. The zero-order valence-electron chi connectivity index (χ0n) is 12.9. The Hall–Kier alpha value is -0.160. The molecule has 3 aliphatic rings. The second-order valence-electron chi connectivity index (χ2n) is 6.68. The van der Waals surface area contributed by atoms with Crippen molar-refractivity contribution in [1.82, 2.24) is 15.1 Å². The Bertz CT molecular complexity index is 267. The molecular weight excluding hydrogens is 250 g/mol. The van der Waals surface area contributed by atoms with E-state index in [0.29, 0.717) is 6.04 Å². The Morgan fingerprint density at radius 3 is 2.50 bits per heavy atom. The van der Waals surface area contributed by atoms with Gasteiger partial charge in [-0.3, -0.25) is 0 Å². The van der Waals surface area contributed by atoms with Crippen molar-refractivity contribution in [1.29, 1.82) is 0 Å². The summed E-state index contributed by atoms with van der Waals surface area (Å²) in [7, 11) is 0. The maximum absolute atomic E-state index is 5.53. The van der Waals surface area contributed by atoms with E-state index < -0.39 is 0 Å². The molecule has 0 saturated carbocycles. The molecule has 20 heavy (non-hydrogen) atoms. The Balaban J connectivity index is 1.33. The van der Waals surface area contributed by atoms with Crippen molar-refractivity contribution in [3.8, 4) is 0 Å². The fourth-order valence-electron chi connectivity index (χ4n) is 3.94. The van der Waals surface area contributed by atoms with Crippen LogP contribution < -0.4 is 5.32 Å². The number of nitrogens with one attached hydrogen (secondary N) is 1. The maximum atomic E-state index is 5.53. The largest absolute Gasteiger partial charge is 0.379 e. The lowest BCUT2D eigenvalue weighted by Crippen LogP contribution is -2.48. The number of likely N-dealkylation sites (tertiary alicyclic amines) is 2. The van der Waals surface area contributed by atoms with Crippen LogP contribution >= 0.6 is 0 Å². The van der Waals surface area contributed by atoms with Crippen molar-refractivity contribution in [2.24, 2.45) is 0 Å². The molecule has 0 aromatic rings. The van der Waals surface area contributed by atoms with Crippen LogP contribution in [0.5, 0.6) is 0 Å². The summed E-state index contributed by atoms with van der Waals surface area (Å²) < 4.78 is 5.53. The molecule has 1 atom stereocenters. The lowest BCUT2D eigenvalue weighted by Gasteiger charge is -2.40. The molecule has 0 aliphatic carbocycles. The summed E-state index contributed by atoms with van der Waals surface area (Å²) in [5, 5.41) is 3.56. The lowest BCUT2D eigenvalue weighted by molar-refractivity contribution is 0.0619. The summed E-state index contributed by atoms with van der Waals surface area (Å²) in [5.41, 5.74) is 0. The average molecular weight is 281 g/mol. The number of nitrogens with zero attached hydrogens (tertiary/aromatic N) is 2. The van der Waals surface area contributed by atoms with Crippen LogP contribution in [0.3, 0.4) is 0 Å². The third kappa shape index (κ3) is 4.17. The van der Waals surface area contributed by atoms with Crippen molar-refractivity contribution in [3.63, 3.8) is 0 Å². The van der Waals surface area contributed by atoms with Crippen molar-refractivity contribution in [3.05, 3.63) is 0 Å². The SMILES string of the molecule is C1CCN(C2CCN(CCC3COCCN3)CC2)CC1. The van der Waals surface area contributed by atoms with Crippen LogP contribution in [0.4, 0.5) is 0 Å². The molecule has 116 valence electrons. The monoisotopic (exact) mass is 281 g/mol. The molecule has 4 heteroatoms.